The fraction of sp³-hybridized carbons (Fsp3) is 0.300. The van der Waals surface area contributed by atoms with E-state index < -0.39 is 44.5 Å². The minimum atomic E-state index is -4.50. The standard InChI is InChI=1S/C10H13N3O7S/c1-6(2)20-10(15)12-21(18,19)11-9-7(13(16)17)4-3-5-8(9)14/h3-6,11,14H,1-2H3,(H,12,15). The molecular formula is C10H13N3O7S. The molecule has 0 aromatic heterocycles. The molecule has 0 aliphatic rings. The van der Waals surface area contributed by atoms with Gasteiger partial charge in [-0.2, -0.15) is 8.42 Å². The van der Waals surface area contributed by atoms with E-state index in [9.17, 15) is 28.4 Å². The van der Waals surface area contributed by atoms with Crippen molar-refractivity contribution in [2.75, 3.05) is 4.72 Å². The molecule has 10 nitrogen and oxygen atoms in total. The molecule has 0 spiro atoms. The SMILES string of the molecule is CC(C)OC(=O)NS(=O)(=O)Nc1c(O)cccc1[N+](=O)[O-]. The second-order valence-electron chi connectivity index (χ2n) is 4.09. The van der Waals surface area contributed by atoms with Gasteiger partial charge in [-0.05, 0) is 19.9 Å². The van der Waals surface area contributed by atoms with Crippen LogP contribution >= 0.6 is 0 Å². The Morgan fingerprint density at radius 3 is 2.57 bits per heavy atom. The van der Waals surface area contributed by atoms with E-state index in [0.29, 0.717) is 0 Å². The Hall–Kier alpha value is -2.56. The van der Waals surface area contributed by atoms with Crippen LogP contribution in [0.2, 0.25) is 0 Å². The number of nitro benzene ring substituents is 1. The fourth-order valence-corrected chi connectivity index (χ4v) is 2.09. The van der Waals surface area contributed by atoms with E-state index in [1.54, 1.807) is 4.72 Å². The minimum absolute atomic E-state index is 0.556. The molecule has 0 bridgehead atoms. The van der Waals surface area contributed by atoms with Crippen molar-refractivity contribution in [3.8, 4) is 5.75 Å². The Labute approximate surface area is 120 Å². The number of phenolic OH excluding ortho intramolecular Hbond substituents is 1. The number of nitro groups is 1. The largest absolute Gasteiger partial charge is 0.505 e. The zero-order chi connectivity index (χ0) is 16.2. The fourth-order valence-electron chi connectivity index (χ4n) is 1.29. The average molecular weight is 319 g/mol. The Morgan fingerprint density at radius 1 is 1.43 bits per heavy atom. The average Bonchev–Trinajstić information content (AvgIpc) is 2.28. The molecule has 1 aromatic carbocycles. The quantitative estimate of drug-likeness (QED) is 0.418. The lowest BCUT2D eigenvalue weighted by atomic mass is 10.2. The summed E-state index contributed by atoms with van der Waals surface area (Å²) < 4.78 is 31.1. The Balaban J connectivity index is 3.00. The number of aromatic hydroxyl groups is 1. The van der Waals surface area contributed by atoms with Gasteiger partial charge in [0.2, 0.25) is 0 Å². The highest BCUT2D eigenvalue weighted by molar-refractivity contribution is 7.91. The monoisotopic (exact) mass is 319 g/mol. The highest BCUT2D eigenvalue weighted by Gasteiger charge is 2.24. The van der Waals surface area contributed by atoms with Gasteiger partial charge < -0.3 is 9.84 Å². The summed E-state index contributed by atoms with van der Waals surface area (Å²) in [5.74, 6) is -0.660. The van der Waals surface area contributed by atoms with Gasteiger partial charge in [-0.25, -0.2) is 9.52 Å². The van der Waals surface area contributed by atoms with E-state index in [2.05, 4.69) is 4.74 Å². The molecule has 0 heterocycles. The molecule has 0 aliphatic carbocycles. The minimum Gasteiger partial charge on any atom is -0.505 e. The number of phenols is 1. The normalized spacial score (nSPS) is 11.0. The topological polar surface area (TPSA) is 148 Å². The predicted molar refractivity (Wildman–Crippen MR) is 72.1 cm³/mol. The third-order valence-electron chi connectivity index (χ3n) is 2.01. The first-order chi connectivity index (χ1) is 9.62. The van der Waals surface area contributed by atoms with Crippen molar-refractivity contribution in [3.05, 3.63) is 28.3 Å². The number of hydrogen-bond acceptors (Lipinski definition) is 7. The Bertz CT molecular complexity index is 657. The number of ether oxygens (including phenoxy) is 1. The number of carbonyl (C=O) groups is 1. The number of hydrogen-bond donors (Lipinski definition) is 3. The maximum Gasteiger partial charge on any atom is 0.422 e. The van der Waals surface area contributed by atoms with Crippen LogP contribution < -0.4 is 9.44 Å². The molecule has 0 atom stereocenters. The summed E-state index contributed by atoms with van der Waals surface area (Å²) in [6, 6.07) is 3.22. The van der Waals surface area contributed by atoms with Crippen molar-refractivity contribution in [1.82, 2.24) is 4.72 Å². The molecule has 1 amide bonds. The van der Waals surface area contributed by atoms with Crippen molar-refractivity contribution >= 4 is 27.7 Å². The number of amides is 1. The van der Waals surface area contributed by atoms with Crippen LogP contribution in [0.15, 0.2) is 18.2 Å². The van der Waals surface area contributed by atoms with Gasteiger partial charge in [0, 0.05) is 6.07 Å². The van der Waals surface area contributed by atoms with Crippen molar-refractivity contribution in [1.29, 1.82) is 0 Å². The lowest BCUT2D eigenvalue weighted by Crippen LogP contribution is -2.36. The number of para-hydroxylation sites is 1. The second-order valence-corrected chi connectivity index (χ2v) is 5.51. The summed E-state index contributed by atoms with van der Waals surface area (Å²) in [6.45, 7) is 3.01. The molecule has 0 aliphatic heterocycles. The van der Waals surface area contributed by atoms with E-state index in [1.807, 2.05) is 0 Å². The number of benzene rings is 1. The summed E-state index contributed by atoms with van der Waals surface area (Å²) in [4.78, 5) is 21.1. The molecule has 0 radical (unpaired) electrons. The number of rotatable bonds is 5. The van der Waals surface area contributed by atoms with Crippen LogP contribution in [0.25, 0.3) is 0 Å². The molecule has 1 rings (SSSR count). The number of nitrogens with zero attached hydrogens (tertiary/aromatic N) is 1. The third kappa shape index (κ3) is 4.80. The van der Waals surface area contributed by atoms with Gasteiger partial charge in [0.25, 0.3) is 5.69 Å². The summed E-state index contributed by atoms with van der Waals surface area (Å²) in [5.41, 5.74) is -1.33. The zero-order valence-corrected chi connectivity index (χ0v) is 11.9. The van der Waals surface area contributed by atoms with E-state index in [-0.39, 0.29) is 0 Å². The number of anilines is 1. The predicted octanol–water partition coefficient (Wildman–Crippen LogP) is 1.09. The molecule has 0 saturated heterocycles. The smallest absolute Gasteiger partial charge is 0.422 e. The summed E-state index contributed by atoms with van der Waals surface area (Å²) in [6.07, 6.45) is -1.81. The Kier molecular flexibility index (Phi) is 4.92. The lowest BCUT2D eigenvalue weighted by molar-refractivity contribution is -0.383. The summed E-state index contributed by atoms with van der Waals surface area (Å²) in [5, 5.41) is 20.3. The Morgan fingerprint density at radius 2 is 2.05 bits per heavy atom. The van der Waals surface area contributed by atoms with Gasteiger partial charge in [-0.1, -0.05) is 6.07 Å². The molecule has 116 valence electrons. The first kappa shape index (κ1) is 16.5. The first-order valence-electron chi connectivity index (χ1n) is 5.60. The van der Waals surface area contributed by atoms with Gasteiger partial charge in [0.05, 0.1) is 11.0 Å². The highest BCUT2D eigenvalue weighted by Crippen LogP contribution is 2.33. The number of carbonyl (C=O) groups excluding carboxylic acids is 1. The summed E-state index contributed by atoms with van der Waals surface area (Å²) in [7, 11) is -4.50. The van der Waals surface area contributed by atoms with Gasteiger partial charge in [-0.15, -0.1) is 0 Å². The van der Waals surface area contributed by atoms with Crippen LogP contribution in [0.4, 0.5) is 16.2 Å². The van der Waals surface area contributed by atoms with Gasteiger partial charge >= 0.3 is 16.3 Å². The molecule has 0 unspecified atom stereocenters. The molecule has 11 heteroatoms. The van der Waals surface area contributed by atoms with E-state index in [0.717, 1.165) is 12.1 Å². The van der Waals surface area contributed by atoms with Crippen LogP contribution in [0, 0.1) is 10.1 Å². The van der Waals surface area contributed by atoms with Gasteiger partial charge in [0.15, 0.2) is 5.69 Å². The lowest BCUT2D eigenvalue weighted by Gasteiger charge is -2.12. The summed E-state index contributed by atoms with van der Waals surface area (Å²) >= 11 is 0. The number of nitrogens with one attached hydrogen (secondary N) is 2. The van der Waals surface area contributed by atoms with Crippen LogP contribution in [-0.4, -0.2) is 30.6 Å². The molecule has 3 N–H and O–H groups in total. The molecule has 0 fully saturated rings. The maximum absolute atomic E-state index is 11.7. The van der Waals surface area contributed by atoms with Gasteiger partial charge in [-0.3, -0.25) is 14.8 Å². The zero-order valence-electron chi connectivity index (χ0n) is 11.1. The molecular weight excluding hydrogens is 306 g/mol. The molecule has 21 heavy (non-hydrogen) atoms. The van der Waals surface area contributed by atoms with Crippen molar-refractivity contribution in [2.24, 2.45) is 0 Å². The van der Waals surface area contributed by atoms with Crippen LogP contribution in [-0.2, 0) is 14.9 Å². The van der Waals surface area contributed by atoms with E-state index in [1.165, 1.54) is 24.6 Å². The van der Waals surface area contributed by atoms with E-state index in [4.69, 9.17) is 0 Å². The second kappa shape index (κ2) is 6.26. The van der Waals surface area contributed by atoms with Crippen molar-refractivity contribution in [3.63, 3.8) is 0 Å². The van der Waals surface area contributed by atoms with Crippen molar-refractivity contribution in [2.45, 2.75) is 20.0 Å². The molecule has 0 saturated carbocycles. The van der Waals surface area contributed by atoms with Crippen LogP contribution in [0.1, 0.15) is 13.8 Å². The maximum atomic E-state index is 11.7. The first-order valence-corrected chi connectivity index (χ1v) is 7.08. The van der Waals surface area contributed by atoms with E-state index >= 15 is 0 Å². The highest BCUT2D eigenvalue weighted by atomic mass is 32.2. The molecule has 1 aromatic rings. The van der Waals surface area contributed by atoms with Crippen LogP contribution in [0.5, 0.6) is 5.75 Å². The van der Waals surface area contributed by atoms with Crippen molar-refractivity contribution < 1.29 is 28.0 Å². The third-order valence-corrected chi connectivity index (χ3v) is 2.92. The van der Waals surface area contributed by atoms with Gasteiger partial charge in [0.1, 0.15) is 5.75 Å². The van der Waals surface area contributed by atoms with Crippen LogP contribution in [0.3, 0.4) is 0 Å².